The number of fused-ring (bicyclic) bond motifs is 2. The Hall–Kier alpha value is -2.33. The Morgan fingerprint density at radius 3 is 2.47 bits per heavy atom. The maximum Gasteiger partial charge on any atom is 0.0669 e. The van der Waals surface area contributed by atoms with Crippen molar-refractivity contribution in [2.24, 2.45) is 0 Å². The quantitative estimate of drug-likeness (QED) is 0.565. The number of hydrogen-bond acceptors (Lipinski definition) is 1. The third-order valence-electron chi connectivity index (χ3n) is 3.02. The van der Waals surface area contributed by atoms with Crippen molar-refractivity contribution in [1.82, 2.24) is 0 Å². The molecule has 3 aromatic carbocycles. The van der Waals surface area contributed by atoms with E-state index in [1.807, 2.05) is 18.2 Å². The summed E-state index contributed by atoms with van der Waals surface area (Å²) in [5.41, 5.74) is 0.820. The summed E-state index contributed by atoms with van der Waals surface area (Å²) in [6.45, 7) is 0. The van der Waals surface area contributed by atoms with Crippen molar-refractivity contribution in [3.8, 4) is 6.07 Å². The predicted octanol–water partition coefficient (Wildman–Crippen LogP) is 4.06. The molecule has 3 aromatic rings. The summed E-state index contributed by atoms with van der Waals surface area (Å²) in [7, 11) is 0. The number of nitriles is 1. The minimum atomic E-state index is 0.286. The molecule has 1 heteroatoms. The van der Waals surface area contributed by atoms with Gasteiger partial charge in [-0.25, -0.2) is 0 Å². The van der Waals surface area contributed by atoms with Crippen LogP contribution in [0.4, 0.5) is 0 Å². The smallest absolute Gasteiger partial charge is 0.0669 e. The van der Waals surface area contributed by atoms with E-state index in [1.165, 1.54) is 5.39 Å². The zero-order chi connectivity index (χ0) is 12.5. The maximum absolute atomic E-state index is 8.88. The summed E-state index contributed by atoms with van der Waals surface area (Å²) in [4.78, 5) is 0. The fourth-order valence-corrected chi connectivity index (χ4v) is 2.19. The van der Waals surface area contributed by atoms with Crippen LogP contribution < -0.4 is 0 Å². The second-order valence-electron chi connectivity index (χ2n) is 4.08. The molecule has 17 heavy (non-hydrogen) atoms. The van der Waals surface area contributed by atoms with Crippen LogP contribution in [0.3, 0.4) is 0 Å². The second-order valence-corrected chi connectivity index (χ2v) is 4.08. The number of nitrogens with zero attached hydrogens (tertiary/aromatic N) is 1. The van der Waals surface area contributed by atoms with E-state index in [-0.39, 0.29) is 6.42 Å². The van der Waals surface area contributed by atoms with Crippen LogP contribution >= 0.6 is 0 Å². The van der Waals surface area contributed by atoms with E-state index in [9.17, 15) is 0 Å². The van der Waals surface area contributed by atoms with Gasteiger partial charge in [-0.15, -0.1) is 0 Å². The van der Waals surface area contributed by atoms with Gasteiger partial charge in [-0.05, 0) is 39.2 Å². The van der Waals surface area contributed by atoms with Gasteiger partial charge in [0.05, 0.1) is 13.9 Å². The third kappa shape index (κ3) is 1.64. The second kappa shape index (κ2) is 3.92. The normalized spacial score (nSPS) is 11.4. The number of benzene rings is 3. The molecule has 80 valence electrons. The molecule has 0 aromatic heterocycles. The Bertz CT molecular complexity index is 784. The van der Waals surface area contributed by atoms with Gasteiger partial charge >= 0.3 is 0 Å². The van der Waals surface area contributed by atoms with Crippen molar-refractivity contribution < 1.29 is 1.37 Å². The van der Waals surface area contributed by atoms with E-state index in [0.29, 0.717) is 6.04 Å². The topological polar surface area (TPSA) is 23.8 Å². The summed E-state index contributed by atoms with van der Waals surface area (Å²) < 4.78 is 7.91. The molecule has 0 aliphatic carbocycles. The minimum Gasteiger partial charge on any atom is -0.198 e. The SMILES string of the molecule is [2H]c1ccc2cc3ccccc3cc2c1CC#N. The molecule has 0 heterocycles. The molecule has 0 atom stereocenters. The highest BCUT2D eigenvalue weighted by Gasteiger charge is 2.02. The zero-order valence-corrected chi connectivity index (χ0v) is 9.27. The summed E-state index contributed by atoms with van der Waals surface area (Å²) in [6.07, 6.45) is 0.286. The van der Waals surface area contributed by atoms with Gasteiger partial charge in [0.2, 0.25) is 0 Å². The van der Waals surface area contributed by atoms with Crippen LogP contribution in [0.2, 0.25) is 0 Å². The Labute approximate surface area is 101 Å². The van der Waals surface area contributed by atoms with E-state index in [0.717, 1.165) is 21.7 Å². The van der Waals surface area contributed by atoms with E-state index in [4.69, 9.17) is 6.63 Å². The first-order valence-electron chi connectivity index (χ1n) is 6.07. The van der Waals surface area contributed by atoms with Crippen LogP contribution in [0.5, 0.6) is 0 Å². The highest BCUT2D eigenvalue weighted by atomic mass is 14.2. The molecule has 0 amide bonds. The molecule has 1 nitrogen and oxygen atoms in total. The van der Waals surface area contributed by atoms with Crippen molar-refractivity contribution in [2.45, 2.75) is 6.42 Å². The number of rotatable bonds is 1. The Balaban J connectivity index is 2.43. The van der Waals surface area contributed by atoms with Crippen molar-refractivity contribution in [2.75, 3.05) is 0 Å². The van der Waals surface area contributed by atoms with Crippen molar-refractivity contribution in [3.05, 3.63) is 60.1 Å². The highest BCUT2D eigenvalue weighted by molar-refractivity contribution is 5.99. The van der Waals surface area contributed by atoms with Gasteiger partial charge in [0.25, 0.3) is 0 Å². The van der Waals surface area contributed by atoms with Crippen molar-refractivity contribution in [3.63, 3.8) is 0 Å². The Morgan fingerprint density at radius 2 is 1.71 bits per heavy atom. The fraction of sp³-hybridized carbons (Fsp3) is 0.0625. The molecule has 0 saturated carbocycles. The average Bonchev–Trinajstić information content (AvgIpc) is 2.40. The molecule has 0 aliphatic rings. The molecular weight excluding hydrogens is 206 g/mol. The average molecular weight is 218 g/mol. The van der Waals surface area contributed by atoms with Gasteiger partial charge in [0.15, 0.2) is 0 Å². The molecule has 3 rings (SSSR count). The monoisotopic (exact) mass is 218 g/mol. The molecule has 0 aliphatic heterocycles. The maximum atomic E-state index is 8.88. The molecule has 0 saturated heterocycles. The van der Waals surface area contributed by atoms with Crippen molar-refractivity contribution >= 4 is 21.5 Å². The van der Waals surface area contributed by atoms with Crippen LogP contribution in [-0.4, -0.2) is 0 Å². The molecule has 0 N–H and O–H groups in total. The number of hydrogen-bond donors (Lipinski definition) is 0. The molecule has 0 radical (unpaired) electrons. The lowest BCUT2D eigenvalue weighted by Gasteiger charge is -2.05. The van der Waals surface area contributed by atoms with Crippen LogP contribution in [0, 0.1) is 11.3 Å². The molecule has 0 bridgehead atoms. The van der Waals surface area contributed by atoms with Crippen LogP contribution in [0.15, 0.2) is 54.6 Å². The van der Waals surface area contributed by atoms with Crippen molar-refractivity contribution in [1.29, 1.82) is 5.26 Å². The van der Waals surface area contributed by atoms with Crippen LogP contribution in [0.25, 0.3) is 21.5 Å². The molecule has 0 spiro atoms. The lowest BCUT2D eigenvalue weighted by atomic mass is 9.98. The zero-order valence-electron chi connectivity index (χ0n) is 10.3. The van der Waals surface area contributed by atoms with E-state index in [1.54, 1.807) is 6.07 Å². The van der Waals surface area contributed by atoms with Gasteiger partial charge in [-0.1, -0.05) is 42.4 Å². The molecular formula is C16H11N. The lowest BCUT2D eigenvalue weighted by Crippen LogP contribution is -1.85. The van der Waals surface area contributed by atoms with E-state index in [2.05, 4.69) is 30.3 Å². The summed E-state index contributed by atoms with van der Waals surface area (Å²) in [5, 5.41) is 13.3. The minimum absolute atomic E-state index is 0.286. The lowest BCUT2D eigenvalue weighted by molar-refractivity contribution is 1.29. The first-order valence-corrected chi connectivity index (χ1v) is 5.57. The van der Waals surface area contributed by atoms with E-state index >= 15 is 0 Å². The van der Waals surface area contributed by atoms with E-state index < -0.39 is 0 Å². The largest absolute Gasteiger partial charge is 0.198 e. The van der Waals surface area contributed by atoms with Gasteiger partial charge in [-0.2, -0.15) is 5.26 Å². The first-order chi connectivity index (χ1) is 8.79. The molecule has 0 fully saturated rings. The molecule has 0 unspecified atom stereocenters. The Kier molecular flexibility index (Phi) is 2.02. The Morgan fingerprint density at radius 1 is 1.00 bits per heavy atom. The first kappa shape index (κ1) is 8.78. The summed E-state index contributed by atoms with van der Waals surface area (Å²) in [6, 6.07) is 18.7. The van der Waals surface area contributed by atoms with Gasteiger partial charge in [-0.3, -0.25) is 0 Å². The van der Waals surface area contributed by atoms with Gasteiger partial charge < -0.3 is 0 Å². The van der Waals surface area contributed by atoms with Gasteiger partial charge in [0, 0.05) is 0 Å². The van der Waals surface area contributed by atoms with Crippen LogP contribution in [0.1, 0.15) is 6.93 Å². The predicted molar refractivity (Wildman–Crippen MR) is 70.8 cm³/mol. The van der Waals surface area contributed by atoms with Gasteiger partial charge in [0.1, 0.15) is 0 Å². The summed E-state index contributed by atoms with van der Waals surface area (Å²) >= 11 is 0. The van der Waals surface area contributed by atoms with Crippen LogP contribution in [-0.2, 0) is 6.42 Å². The third-order valence-corrected chi connectivity index (χ3v) is 3.02. The standard InChI is InChI=1S/C16H11N/c17-9-8-12-6-3-7-15-10-13-4-1-2-5-14(13)11-16(12)15/h1-7,10-11H,8H2/i6D. The summed E-state index contributed by atoms with van der Waals surface area (Å²) in [5.74, 6) is 0. The fourth-order valence-electron chi connectivity index (χ4n) is 2.19. The highest BCUT2D eigenvalue weighted by Crippen LogP contribution is 2.25.